The van der Waals surface area contributed by atoms with Crippen LogP contribution in [-0.2, 0) is 0 Å². The van der Waals surface area contributed by atoms with Crippen molar-refractivity contribution >= 4 is 11.6 Å². The molecule has 0 saturated carbocycles. The molecule has 0 fully saturated rings. The molecule has 0 aliphatic heterocycles. The molecular formula is C12H22N4O. The average Bonchev–Trinajstić information content (AvgIpc) is 2.31. The molecule has 1 atom stereocenters. The van der Waals surface area contributed by atoms with Crippen LogP contribution in [0.5, 0.6) is 0 Å². The van der Waals surface area contributed by atoms with Crippen molar-refractivity contribution in [1.29, 1.82) is 0 Å². The first-order valence-corrected chi connectivity index (χ1v) is 6.05. The monoisotopic (exact) mass is 238 g/mol. The lowest BCUT2D eigenvalue weighted by Gasteiger charge is -2.16. The molecule has 0 saturated heterocycles. The van der Waals surface area contributed by atoms with Gasteiger partial charge in [-0.25, -0.2) is 9.97 Å². The molecule has 17 heavy (non-hydrogen) atoms. The number of hydrogen-bond donors (Lipinski definition) is 3. The third-order valence-electron chi connectivity index (χ3n) is 2.46. The van der Waals surface area contributed by atoms with Crippen molar-refractivity contribution in [3.8, 4) is 0 Å². The quantitative estimate of drug-likeness (QED) is 0.704. The van der Waals surface area contributed by atoms with E-state index in [1.54, 1.807) is 0 Å². The summed E-state index contributed by atoms with van der Waals surface area (Å²) >= 11 is 0. The summed E-state index contributed by atoms with van der Waals surface area (Å²) in [6.45, 7) is 8.85. The Hall–Kier alpha value is -1.36. The Balaban J connectivity index is 2.92. The zero-order valence-corrected chi connectivity index (χ0v) is 11.0. The maximum atomic E-state index is 9.05. The largest absolute Gasteiger partial charge is 0.394 e. The highest BCUT2D eigenvalue weighted by atomic mass is 16.3. The lowest BCUT2D eigenvalue weighted by Crippen LogP contribution is -2.21. The highest BCUT2D eigenvalue weighted by Crippen LogP contribution is 2.20. The molecule has 1 aromatic rings. The molecule has 1 heterocycles. The Morgan fingerprint density at radius 2 is 1.88 bits per heavy atom. The van der Waals surface area contributed by atoms with Crippen molar-refractivity contribution in [2.45, 2.75) is 40.2 Å². The van der Waals surface area contributed by atoms with Gasteiger partial charge in [-0.15, -0.1) is 0 Å². The molecule has 0 radical (unpaired) electrons. The van der Waals surface area contributed by atoms with Crippen LogP contribution in [0.25, 0.3) is 0 Å². The second kappa shape index (κ2) is 6.39. The Labute approximate surface area is 103 Å². The smallest absolute Gasteiger partial charge is 0.135 e. The zero-order chi connectivity index (χ0) is 12.8. The number of hydrogen-bond acceptors (Lipinski definition) is 5. The van der Waals surface area contributed by atoms with Gasteiger partial charge in [0.15, 0.2) is 0 Å². The molecule has 3 N–H and O–H groups in total. The second-order valence-corrected chi connectivity index (χ2v) is 4.25. The Morgan fingerprint density at radius 3 is 2.47 bits per heavy atom. The molecule has 5 heteroatoms. The maximum Gasteiger partial charge on any atom is 0.135 e. The van der Waals surface area contributed by atoms with Crippen LogP contribution in [0.3, 0.4) is 0 Å². The van der Waals surface area contributed by atoms with Gasteiger partial charge in [0.05, 0.1) is 6.61 Å². The molecule has 0 aliphatic carbocycles. The van der Waals surface area contributed by atoms with Gasteiger partial charge in [0.2, 0.25) is 0 Å². The summed E-state index contributed by atoms with van der Waals surface area (Å²) in [7, 11) is 0. The van der Waals surface area contributed by atoms with E-state index in [1.807, 2.05) is 20.8 Å². The molecule has 0 aromatic carbocycles. The molecule has 1 unspecified atom stereocenters. The first kappa shape index (κ1) is 13.7. The minimum atomic E-state index is -0.0120. The van der Waals surface area contributed by atoms with Gasteiger partial charge in [-0.3, -0.25) is 0 Å². The molecule has 5 nitrogen and oxygen atoms in total. The van der Waals surface area contributed by atoms with E-state index >= 15 is 0 Å². The fraction of sp³-hybridized carbons (Fsp3) is 0.667. The number of rotatable bonds is 6. The molecule has 0 spiro atoms. The number of aliphatic hydroxyl groups is 1. The number of aliphatic hydroxyl groups excluding tert-OH is 1. The lowest BCUT2D eigenvalue weighted by molar-refractivity contribution is 0.281. The Morgan fingerprint density at radius 1 is 1.24 bits per heavy atom. The van der Waals surface area contributed by atoms with E-state index in [9.17, 15) is 0 Å². The van der Waals surface area contributed by atoms with Gasteiger partial charge in [0.25, 0.3) is 0 Å². The van der Waals surface area contributed by atoms with Crippen molar-refractivity contribution in [1.82, 2.24) is 9.97 Å². The van der Waals surface area contributed by atoms with Crippen molar-refractivity contribution < 1.29 is 5.11 Å². The van der Waals surface area contributed by atoms with Crippen LogP contribution in [0, 0.1) is 13.8 Å². The van der Waals surface area contributed by atoms with E-state index in [4.69, 9.17) is 5.11 Å². The second-order valence-electron chi connectivity index (χ2n) is 4.25. The van der Waals surface area contributed by atoms with Gasteiger partial charge in [-0.1, -0.05) is 6.92 Å². The van der Waals surface area contributed by atoms with Crippen LogP contribution in [0.2, 0.25) is 0 Å². The predicted molar refractivity (Wildman–Crippen MR) is 70.5 cm³/mol. The van der Waals surface area contributed by atoms with E-state index in [0.717, 1.165) is 36.0 Å². The topological polar surface area (TPSA) is 70.1 Å². The standard InChI is InChI=1S/C12H22N4O/c1-5-6-13-11-9(3)12(14-8(2)7-17)16-10(4)15-11/h8,17H,5-7H2,1-4H3,(H2,13,14,15,16). The van der Waals surface area contributed by atoms with Gasteiger partial charge in [0, 0.05) is 18.2 Å². The van der Waals surface area contributed by atoms with E-state index in [-0.39, 0.29) is 12.6 Å². The highest BCUT2D eigenvalue weighted by molar-refractivity contribution is 5.57. The van der Waals surface area contributed by atoms with E-state index < -0.39 is 0 Å². The molecule has 1 aromatic heterocycles. The van der Waals surface area contributed by atoms with Crippen molar-refractivity contribution in [2.24, 2.45) is 0 Å². The van der Waals surface area contributed by atoms with Gasteiger partial charge in [-0.2, -0.15) is 0 Å². The van der Waals surface area contributed by atoms with Crippen LogP contribution >= 0.6 is 0 Å². The summed E-state index contributed by atoms with van der Waals surface area (Å²) in [4.78, 5) is 8.74. The van der Waals surface area contributed by atoms with Gasteiger partial charge < -0.3 is 15.7 Å². The lowest BCUT2D eigenvalue weighted by atomic mass is 10.2. The van der Waals surface area contributed by atoms with Gasteiger partial charge in [-0.05, 0) is 27.2 Å². The molecular weight excluding hydrogens is 216 g/mol. The number of nitrogens with zero attached hydrogens (tertiary/aromatic N) is 2. The fourth-order valence-corrected chi connectivity index (χ4v) is 1.46. The third-order valence-corrected chi connectivity index (χ3v) is 2.46. The number of aryl methyl sites for hydroxylation is 1. The summed E-state index contributed by atoms with van der Waals surface area (Å²) in [5, 5.41) is 15.5. The molecule has 0 bridgehead atoms. The number of aromatic nitrogens is 2. The minimum absolute atomic E-state index is 0.0120. The van der Waals surface area contributed by atoms with Crippen molar-refractivity contribution in [3.05, 3.63) is 11.4 Å². The molecule has 96 valence electrons. The van der Waals surface area contributed by atoms with Gasteiger partial charge >= 0.3 is 0 Å². The minimum Gasteiger partial charge on any atom is -0.394 e. The molecule has 0 amide bonds. The van der Waals surface area contributed by atoms with Crippen LogP contribution in [-0.4, -0.2) is 34.3 Å². The zero-order valence-electron chi connectivity index (χ0n) is 11.0. The van der Waals surface area contributed by atoms with E-state index in [1.165, 1.54) is 0 Å². The summed E-state index contributed by atoms with van der Waals surface area (Å²) < 4.78 is 0. The first-order chi connectivity index (χ1) is 8.08. The predicted octanol–water partition coefficient (Wildman–Crippen LogP) is 1.71. The van der Waals surface area contributed by atoms with Crippen LogP contribution in [0.1, 0.15) is 31.7 Å². The van der Waals surface area contributed by atoms with Crippen molar-refractivity contribution in [2.75, 3.05) is 23.8 Å². The number of anilines is 2. The van der Waals surface area contributed by atoms with Crippen LogP contribution in [0.15, 0.2) is 0 Å². The highest BCUT2D eigenvalue weighted by Gasteiger charge is 2.10. The van der Waals surface area contributed by atoms with Crippen LogP contribution in [0.4, 0.5) is 11.6 Å². The third kappa shape index (κ3) is 3.85. The fourth-order valence-electron chi connectivity index (χ4n) is 1.46. The van der Waals surface area contributed by atoms with E-state index in [2.05, 4.69) is 27.5 Å². The molecule has 1 rings (SSSR count). The molecule has 0 aliphatic rings. The average molecular weight is 238 g/mol. The Bertz CT molecular complexity index is 368. The summed E-state index contributed by atoms with van der Waals surface area (Å²) in [5.41, 5.74) is 0.990. The maximum absolute atomic E-state index is 9.05. The number of nitrogens with one attached hydrogen (secondary N) is 2. The van der Waals surface area contributed by atoms with Crippen LogP contribution < -0.4 is 10.6 Å². The summed E-state index contributed by atoms with van der Waals surface area (Å²) in [6, 6.07) is -0.0120. The Kier molecular flexibility index (Phi) is 5.15. The first-order valence-electron chi connectivity index (χ1n) is 6.05. The SMILES string of the molecule is CCCNc1nc(C)nc(NC(C)CO)c1C. The normalized spacial score (nSPS) is 12.3. The summed E-state index contributed by atoms with van der Waals surface area (Å²) in [5.74, 6) is 2.38. The summed E-state index contributed by atoms with van der Waals surface area (Å²) in [6.07, 6.45) is 1.05. The van der Waals surface area contributed by atoms with E-state index in [0.29, 0.717) is 0 Å². The van der Waals surface area contributed by atoms with Gasteiger partial charge in [0.1, 0.15) is 17.5 Å². The van der Waals surface area contributed by atoms with Crippen molar-refractivity contribution in [3.63, 3.8) is 0 Å².